The fourth-order valence-corrected chi connectivity index (χ4v) is 4.07. The van der Waals surface area contributed by atoms with Crippen LogP contribution in [0.5, 0.6) is 0 Å². The molecule has 1 saturated carbocycles. The molecule has 0 unspecified atom stereocenters. The second kappa shape index (κ2) is 5.73. The molecular formula is C17H16BrN3O3. The molecule has 4 rings (SSSR count). The predicted octanol–water partition coefficient (Wildman–Crippen LogP) is 3.46. The van der Waals surface area contributed by atoms with Crippen molar-refractivity contribution in [2.45, 2.75) is 31.7 Å². The summed E-state index contributed by atoms with van der Waals surface area (Å²) in [6.45, 7) is 0. The Morgan fingerprint density at radius 3 is 2.75 bits per heavy atom. The Hall–Kier alpha value is -2.15. The number of benzene rings is 1. The summed E-state index contributed by atoms with van der Waals surface area (Å²) in [5, 5.41) is 10.1. The van der Waals surface area contributed by atoms with Crippen molar-refractivity contribution in [1.29, 1.82) is 0 Å². The summed E-state index contributed by atoms with van der Waals surface area (Å²) in [4.78, 5) is 31.0. The molecule has 0 bridgehead atoms. The van der Waals surface area contributed by atoms with Gasteiger partial charge in [-0.05, 0) is 43.9 Å². The van der Waals surface area contributed by atoms with Gasteiger partial charge in [0.05, 0.1) is 28.7 Å². The van der Waals surface area contributed by atoms with Gasteiger partial charge in [0.25, 0.3) is 0 Å². The lowest BCUT2D eigenvalue weighted by Crippen LogP contribution is -2.28. The number of aliphatic carboxylic acids is 1. The maximum Gasteiger partial charge on any atom is 0.326 e. The molecular weight excluding hydrogens is 374 g/mol. The number of pyridine rings is 1. The molecule has 124 valence electrons. The number of fused-ring (bicyclic) bond motifs is 3. The number of carbonyl (C=O) groups is 1. The van der Waals surface area contributed by atoms with Crippen LogP contribution in [0.1, 0.15) is 31.7 Å². The van der Waals surface area contributed by atoms with Crippen LogP contribution in [0.3, 0.4) is 0 Å². The Kier molecular flexibility index (Phi) is 3.68. The standard InChI is InChI=1S/C17H16BrN3O3/c18-10-3-6-13-12(7-10)15-14(8-19-13)20-17(24)21(15)11-4-1-9(2-5-11)16(22)23/h3,6-9,11H,1-2,4-5H2,(H,20,24)(H,22,23). The minimum Gasteiger partial charge on any atom is -0.481 e. The van der Waals surface area contributed by atoms with Gasteiger partial charge >= 0.3 is 11.7 Å². The maximum atomic E-state index is 12.5. The maximum absolute atomic E-state index is 12.5. The van der Waals surface area contributed by atoms with Crippen molar-refractivity contribution < 1.29 is 9.90 Å². The number of nitrogens with one attached hydrogen (secondary N) is 1. The molecule has 1 aliphatic carbocycles. The van der Waals surface area contributed by atoms with Crippen LogP contribution in [0.15, 0.2) is 33.7 Å². The fourth-order valence-electron chi connectivity index (χ4n) is 3.71. The van der Waals surface area contributed by atoms with E-state index in [1.807, 2.05) is 18.2 Å². The van der Waals surface area contributed by atoms with Gasteiger partial charge in [0.1, 0.15) is 0 Å². The first-order valence-electron chi connectivity index (χ1n) is 7.96. The molecule has 7 heteroatoms. The lowest BCUT2D eigenvalue weighted by atomic mass is 9.86. The molecule has 0 radical (unpaired) electrons. The third-order valence-electron chi connectivity index (χ3n) is 4.91. The number of halogens is 1. The van der Waals surface area contributed by atoms with Crippen LogP contribution in [0.4, 0.5) is 0 Å². The summed E-state index contributed by atoms with van der Waals surface area (Å²) in [6.07, 6.45) is 4.29. The number of carboxylic acids is 1. The normalized spacial score (nSPS) is 21.4. The van der Waals surface area contributed by atoms with Crippen molar-refractivity contribution in [2.24, 2.45) is 5.92 Å². The van der Waals surface area contributed by atoms with E-state index in [-0.39, 0.29) is 17.6 Å². The molecule has 1 aromatic carbocycles. The Balaban J connectivity index is 1.86. The molecule has 3 aromatic rings. The Labute approximate surface area is 145 Å². The molecule has 2 aromatic heterocycles. The van der Waals surface area contributed by atoms with Crippen LogP contribution in [-0.2, 0) is 4.79 Å². The number of hydrogen-bond acceptors (Lipinski definition) is 3. The van der Waals surface area contributed by atoms with Gasteiger partial charge < -0.3 is 10.1 Å². The molecule has 24 heavy (non-hydrogen) atoms. The second-order valence-electron chi connectivity index (χ2n) is 6.33. The minimum absolute atomic E-state index is 0.0198. The Bertz CT molecular complexity index is 999. The summed E-state index contributed by atoms with van der Waals surface area (Å²) in [5.41, 5.74) is 2.24. The molecule has 0 aliphatic heterocycles. The minimum atomic E-state index is -0.738. The zero-order valence-corrected chi connectivity index (χ0v) is 14.4. The monoisotopic (exact) mass is 389 g/mol. The molecule has 6 nitrogen and oxygen atoms in total. The molecule has 1 aliphatic rings. The Morgan fingerprint density at radius 2 is 2.04 bits per heavy atom. The molecule has 2 heterocycles. The van der Waals surface area contributed by atoms with E-state index in [9.17, 15) is 9.59 Å². The number of aromatic amines is 1. The number of hydrogen-bond donors (Lipinski definition) is 2. The zero-order chi connectivity index (χ0) is 16.8. The fraction of sp³-hybridized carbons (Fsp3) is 0.353. The number of carboxylic acid groups (broad SMARTS) is 1. The van der Waals surface area contributed by atoms with Crippen molar-refractivity contribution in [3.8, 4) is 0 Å². The first-order valence-corrected chi connectivity index (χ1v) is 8.75. The van der Waals surface area contributed by atoms with Gasteiger partial charge in [-0.15, -0.1) is 0 Å². The Morgan fingerprint density at radius 1 is 1.29 bits per heavy atom. The molecule has 0 atom stereocenters. The van der Waals surface area contributed by atoms with Crippen LogP contribution in [-0.4, -0.2) is 25.6 Å². The van der Waals surface area contributed by atoms with Crippen LogP contribution in [0.2, 0.25) is 0 Å². The van der Waals surface area contributed by atoms with Crippen molar-refractivity contribution in [2.75, 3.05) is 0 Å². The summed E-state index contributed by atoms with van der Waals surface area (Å²) >= 11 is 3.48. The van der Waals surface area contributed by atoms with Crippen LogP contribution in [0, 0.1) is 5.92 Å². The number of nitrogens with zero attached hydrogens (tertiary/aromatic N) is 2. The van der Waals surface area contributed by atoms with Crippen molar-refractivity contribution in [3.63, 3.8) is 0 Å². The van der Waals surface area contributed by atoms with E-state index in [1.54, 1.807) is 10.8 Å². The van der Waals surface area contributed by atoms with E-state index in [2.05, 4.69) is 25.9 Å². The van der Waals surface area contributed by atoms with Gasteiger partial charge in [-0.2, -0.15) is 0 Å². The molecule has 2 N–H and O–H groups in total. The predicted molar refractivity (Wildman–Crippen MR) is 94.2 cm³/mol. The van der Waals surface area contributed by atoms with E-state index in [4.69, 9.17) is 5.11 Å². The van der Waals surface area contributed by atoms with Gasteiger partial charge in [0, 0.05) is 15.9 Å². The van der Waals surface area contributed by atoms with Gasteiger partial charge in [0.15, 0.2) is 0 Å². The molecule has 0 spiro atoms. The molecule has 1 fully saturated rings. The highest BCUT2D eigenvalue weighted by molar-refractivity contribution is 9.10. The topological polar surface area (TPSA) is 88.0 Å². The van der Waals surface area contributed by atoms with Crippen LogP contribution >= 0.6 is 15.9 Å². The van der Waals surface area contributed by atoms with Crippen molar-refractivity contribution in [1.82, 2.24) is 14.5 Å². The smallest absolute Gasteiger partial charge is 0.326 e. The van der Waals surface area contributed by atoms with E-state index in [0.29, 0.717) is 31.2 Å². The lowest BCUT2D eigenvalue weighted by molar-refractivity contribution is -0.143. The third-order valence-corrected chi connectivity index (χ3v) is 5.41. The van der Waals surface area contributed by atoms with Crippen LogP contribution in [0.25, 0.3) is 21.9 Å². The van der Waals surface area contributed by atoms with E-state index in [1.165, 1.54) is 0 Å². The molecule has 0 saturated heterocycles. The van der Waals surface area contributed by atoms with Crippen LogP contribution < -0.4 is 5.69 Å². The second-order valence-corrected chi connectivity index (χ2v) is 7.24. The number of rotatable bonds is 2. The first kappa shape index (κ1) is 15.4. The zero-order valence-electron chi connectivity index (χ0n) is 12.8. The van der Waals surface area contributed by atoms with Gasteiger partial charge in [-0.25, -0.2) is 4.79 Å². The van der Waals surface area contributed by atoms with E-state index < -0.39 is 5.97 Å². The number of aromatic nitrogens is 3. The van der Waals surface area contributed by atoms with Gasteiger partial charge in [-0.1, -0.05) is 15.9 Å². The summed E-state index contributed by atoms with van der Waals surface area (Å²) in [5.74, 6) is -1.03. The highest BCUT2D eigenvalue weighted by atomic mass is 79.9. The summed E-state index contributed by atoms with van der Waals surface area (Å²) < 4.78 is 2.73. The molecule has 0 amide bonds. The van der Waals surface area contributed by atoms with E-state index in [0.717, 1.165) is 20.9 Å². The summed E-state index contributed by atoms with van der Waals surface area (Å²) in [7, 11) is 0. The van der Waals surface area contributed by atoms with Crippen molar-refractivity contribution >= 4 is 43.8 Å². The third kappa shape index (κ3) is 2.43. The van der Waals surface area contributed by atoms with E-state index >= 15 is 0 Å². The average molecular weight is 390 g/mol. The highest BCUT2D eigenvalue weighted by Crippen LogP contribution is 2.35. The van der Waals surface area contributed by atoms with Gasteiger partial charge in [0.2, 0.25) is 0 Å². The summed E-state index contributed by atoms with van der Waals surface area (Å²) in [6, 6.07) is 5.83. The number of imidazole rings is 1. The van der Waals surface area contributed by atoms with Gasteiger partial charge in [-0.3, -0.25) is 14.3 Å². The number of H-pyrrole nitrogens is 1. The highest BCUT2D eigenvalue weighted by Gasteiger charge is 2.29. The average Bonchev–Trinajstić information content (AvgIpc) is 2.91. The lowest BCUT2D eigenvalue weighted by Gasteiger charge is -2.27. The van der Waals surface area contributed by atoms with Crippen molar-refractivity contribution in [3.05, 3.63) is 39.4 Å². The first-order chi connectivity index (χ1) is 11.5. The largest absolute Gasteiger partial charge is 0.481 e. The quantitative estimate of drug-likeness (QED) is 0.702. The SMILES string of the molecule is O=C(O)C1CCC(n2c(=O)[nH]c3cnc4ccc(Br)cc4c32)CC1.